The van der Waals surface area contributed by atoms with Crippen LogP contribution in [0.15, 0.2) is 97.2 Å². The number of carbonyl (C=O) groups excluding carboxylic acids is 2. The molecule has 0 aromatic rings. The lowest BCUT2D eigenvalue weighted by atomic mass is 10.1. The molecule has 0 aromatic carbocycles. The Bertz CT molecular complexity index is 1250. The molecule has 0 saturated heterocycles. The summed E-state index contributed by atoms with van der Waals surface area (Å²) in [5, 5.41) is 0. The third kappa shape index (κ3) is 42.4. The molecule has 0 fully saturated rings. The maximum atomic E-state index is 12.6. The Morgan fingerprint density at radius 2 is 0.947 bits per heavy atom. The fraction of sp³-hybridized carbons (Fsp3) is 0.617. The maximum absolute atomic E-state index is 12.6. The van der Waals surface area contributed by atoms with Crippen LogP contribution in [0.3, 0.4) is 0 Å². The summed E-state index contributed by atoms with van der Waals surface area (Å²) >= 11 is 0. The van der Waals surface area contributed by atoms with E-state index in [1.807, 2.05) is 18.2 Å². The molecule has 10 heteroatoms. The number of phosphoric acid groups is 1. The molecule has 0 amide bonds. The number of nitrogens with two attached hydrogens (primary N) is 1. The molecule has 1 unspecified atom stereocenters. The summed E-state index contributed by atoms with van der Waals surface area (Å²) in [7, 11) is -4.41. The Kier molecular flexibility index (Phi) is 40.2. The third-order valence-corrected chi connectivity index (χ3v) is 9.44. The van der Waals surface area contributed by atoms with Crippen molar-refractivity contribution in [3.8, 4) is 0 Å². The van der Waals surface area contributed by atoms with Crippen LogP contribution < -0.4 is 5.73 Å². The number of allylic oxidation sites excluding steroid dienone is 16. The first kappa shape index (κ1) is 53.9. The van der Waals surface area contributed by atoms with Crippen LogP contribution in [0, 0.1) is 0 Å². The highest BCUT2D eigenvalue weighted by molar-refractivity contribution is 7.47. The molecule has 0 aliphatic rings. The molecule has 3 N–H and O–H groups in total. The van der Waals surface area contributed by atoms with Crippen molar-refractivity contribution in [1.29, 1.82) is 0 Å². The van der Waals surface area contributed by atoms with E-state index < -0.39 is 32.5 Å². The van der Waals surface area contributed by atoms with Gasteiger partial charge in [0, 0.05) is 19.4 Å². The van der Waals surface area contributed by atoms with Gasteiger partial charge < -0.3 is 20.1 Å². The summed E-state index contributed by atoms with van der Waals surface area (Å²) in [6.07, 6.45) is 54.6. The average molecular weight is 816 g/mol. The monoisotopic (exact) mass is 816 g/mol. The predicted molar refractivity (Wildman–Crippen MR) is 238 cm³/mol. The standard InChI is InChI=1S/C47H78NO8P/c1-3-5-7-9-11-13-15-17-19-21-22-24-25-27-29-31-33-35-37-39-46(49)53-43-45(44-55-57(51,52)54-42-41-48)56-47(50)40-38-36-34-32-30-28-26-23-20-18-16-14-12-10-8-6-4-2/h11,13,17-20,22,24,26-29,32-35,45H,3-10,12,14-16,21,23,25,30-31,36-44,48H2,1-2H3,(H,51,52)/b13-11-,19-17-,20-18-,24-22-,28-26-,29-27-,34-32-,35-33-/t45-/m1/s1. The minimum atomic E-state index is -4.41. The highest BCUT2D eigenvalue weighted by Gasteiger charge is 2.25. The van der Waals surface area contributed by atoms with Crippen molar-refractivity contribution in [2.75, 3.05) is 26.4 Å². The number of ether oxygens (including phenoxy) is 2. The SMILES string of the molecule is CCCCC/C=C\C/C=C\C/C=C\C/C=C\C/C=C\CCC(=O)OC[C@H](COP(=O)(O)OCCN)OC(=O)CCC/C=C\C/C=C\C/C=C\CCCCCCCC. The summed E-state index contributed by atoms with van der Waals surface area (Å²) in [6, 6.07) is 0. The quantitative estimate of drug-likeness (QED) is 0.0269. The molecule has 0 spiro atoms. The van der Waals surface area contributed by atoms with Gasteiger partial charge in [0.25, 0.3) is 0 Å². The summed E-state index contributed by atoms with van der Waals surface area (Å²) in [5.74, 6) is -0.996. The van der Waals surface area contributed by atoms with Crippen molar-refractivity contribution in [3.05, 3.63) is 97.2 Å². The van der Waals surface area contributed by atoms with Gasteiger partial charge in [0.05, 0.1) is 13.2 Å². The molecule has 0 radical (unpaired) electrons. The van der Waals surface area contributed by atoms with Crippen molar-refractivity contribution in [2.24, 2.45) is 5.73 Å². The highest BCUT2D eigenvalue weighted by atomic mass is 31.2. The van der Waals surface area contributed by atoms with Gasteiger partial charge >= 0.3 is 19.8 Å². The molecular formula is C47H78NO8P. The summed E-state index contributed by atoms with van der Waals surface area (Å²) in [4.78, 5) is 34.8. The maximum Gasteiger partial charge on any atom is 0.472 e. The van der Waals surface area contributed by atoms with Crippen LogP contribution in [0.5, 0.6) is 0 Å². The molecule has 0 rings (SSSR count). The van der Waals surface area contributed by atoms with E-state index in [1.165, 1.54) is 64.2 Å². The summed E-state index contributed by atoms with van der Waals surface area (Å²) < 4.78 is 32.6. The van der Waals surface area contributed by atoms with Gasteiger partial charge in [0.15, 0.2) is 6.10 Å². The zero-order valence-electron chi connectivity index (χ0n) is 35.5. The van der Waals surface area contributed by atoms with Crippen LogP contribution in [0.4, 0.5) is 0 Å². The van der Waals surface area contributed by atoms with E-state index in [4.69, 9.17) is 24.3 Å². The largest absolute Gasteiger partial charge is 0.472 e. The number of hydrogen-bond donors (Lipinski definition) is 2. The second kappa shape index (κ2) is 42.5. The first-order valence-electron chi connectivity index (χ1n) is 21.7. The summed E-state index contributed by atoms with van der Waals surface area (Å²) in [6.45, 7) is 3.53. The van der Waals surface area contributed by atoms with Crippen molar-refractivity contribution in [2.45, 2.75) is 161 Å². The smallest absolute Gasteiger partial charge is 0.462 e. The number of hydrogen-bond acceptors (Lipinski definition) is 8. The van der Waals surface area contributed by atoms with Gasteiger partial charge in [-0.25, -0.2) is 4.57 Å². The van der Waals surface area contributed by atoms with Crippen molar-refractivity contribution in [1.82, 2.24) is 0 Å². The van der Waals surface area contributed by atoms with Gasteiger partial charge in [-0.3, -0.25) is 18.6 Å². The number of esters is 2. The van der Waals surface area contributed by atoms with Gasteiger partial charge in [-0.05, 0) is 83.5 Å². The Balaban J connectivity index is 4.39. The molecule has 9 nitrogen and oxygen atoms in total. The van der Waals surface area contributed by atoms with Gasteiger partial charge in [-0.1, -0.05) is 156 Å². The number of carbonyl (C=O) groups is 2. The zero-order valence-corrected chi connectivity index (χ0v) is 36.4. The highest BCUT2D eigenvalue weighted by Crippen LogP contribution is 2.43. The van der Waals surface area contributed by atoms with Crippen LogP contribution in [0.2, 0.25) is 0 Å². The lowest BCUT2D eigenvalue weighted by Crippen LogP contribution is -2.29. The van der Waals surface area contributed by atoms with Crippen LogP contribution in [-0.2, 0) is 32.7 Å². The fourth-order valence-corrected chi connectivity index (χ4v) is 5.98. The van der Waals surface area contributed by atoms with Gasteiger partial charge in [0.1, 0.15) is 6.61 Å². The molecule has 324 valence electrons. The van der Waals surface area contributed by atoms with E-state index in [2.05, 4.69) is 92.8 Å². The Labute approximate surface area is 346 Å². The molecule has 0 heterocycles. The van der Waals surface area contributed by atoms with E-state index in [0.717, 1.165) is 44.9 Å². The second-order valence-corrected chi connectivity index (χ2v) is 15.3. The van der Waals surface area contributed by atoms with Crippen molar-refractivity contribution < 1.29 is 37.6 Å². The van der Waals surface area contributed by atoms with Gasteiger partial charge in [0.2, 0.25) is 0 Å². The van der Waals surface area contributed by atoms with Crippen LogP contribution in [0.1, 0.15) is 155 Å². The van der Waals surface area contributed by atoms with Crippen LogP contribution in [0.25, 0.3) is 0 Å². The molecule has 0 bridgehead atoms. The first-order chi connectivity index (χ1) is 27.8. The number of phosphoric ester groups is 1. The molecule has 2 atom stereocenters. The topological polar surface area (TPSA) is 134 Å². The molecule has 0 saturated carbocycles. The minimum Gasteiger partial charge on any atom is -0.462 e. The van der Waals surface area contributed by atoms with Crippen molar-refractivity contribution in [3.63, 3.8) is 0 Å². The van der Waals surface area contributed by atoms with Gasteiger partial charge in [-0.15, -0.1) is 0 Å². The lowest BCUT2D eigenvalue weighted by molar-refractivity contribution is -0.161. The normalized spacial score (nSPS) is 14.2. The number of unbranched alkanes of at least 4 members (excludes halogenated alkanes) is 10. The Morgan fingerprint density at radius 3 is 1.46 bits per heavy atom. The van der Waals surface area contributed by atoms with E-state index in [9.17, 15) is 19.0 Å². The zero-order chi connectivity index (χ0) is 41.8. The van der Waals surface area contributed by atoms with E-state index in [1.54, 1.807) is 0 Å². The van der Waals surface area contributed by atoms with Crippen LogP contribution >= 0.6 is 7.82 Å². The predicted octanol–water partition coefficient (Wildman–Crippen LogP) is 12.6. The minimum absolute atomic E-state index is 0.0311. The molecule has 0 aliphatic heterocycles. The Morgan fingerprint density at radius 1 is 0.526 bits per heavy atom. The van der Waals surface area contributed by atoms with Crippen LogP contribution in [-0.4, -0.2) is 49.3 Å². The molecule has 0 aliphatic carbocycles. The second-order valence-electron chi connectivity index (χ2n) is 13.8. The molecular weight excluding hydrogens is 737 g/mol. The van der Waals surface area contributed by atoms with E-state index in [0.29, 0.717) is 19.3 Å². The fourth-order valence-electron chi connectivity index (χ4n) is 5.22. The Hall–Kier alpha value is -3.07. The van der Waals surface area contributed by atoms with E-state index in [-0.39, 0.29) is 32.6 Å². The van der Waals surface area contributed by atoms with Gasteiger partial charge in [-0.2, -0.15) is 0 Å². The average Bonchev–Trinajstić information content (AvgIpc) is 3.20. The van der Waals surface area contributed by atoms with Crippen molar-refractivity contribution >= 4 is 19.8 Å². The molecule has 57 heavy (non-hydrogen) atoms. The number of rotatable bonds is 39. The lowest BCUT2D eigenvalue weighted by Gasteiger charge is -2.19. The molecule has 0 aromatic heterocycles. The third-order valence-electron chi connectivity index (χ3n) is 8.46. The van der Waals surface area contributed by atoms with E-state index >= 15 is 0 Å². The first-order valence-corrected chi connectivity index (χ1v) is 23.2. The summed E-state index contributed by atoms with van der Waals surface area (Å²) in [5.41, 5.74) is 5.34.